The normalized spacial score (nSPS) is 37.0. The number of piperidine rings is 1. The quantitative estimate of drug-likeness (QED) is 0.0307. The number of H-pyrrole nitrogens is 1. The number of para-hydroxylation sites is 1. The zero-order valence-electron chi connectivity index (χ0n) is 35.7. The van der Waals surface area contributed by atoms with E-state index in [0.717, 1.165) is 35.6 Å². The number of anilines is 1. The number of esters is 3. The van der Waals surface area contributed by atoms with Crippen LogP contribution in [0.3, 0.4) is 0 Å². The fraction of sp³-hybridized carbons (Fsp3) is 0.578. The van der Waals surface area contributed by atoms with E-state index in [2.05, 4.69) is 9.88 Å². The molecule has 2 bridgehead atoms. The lowest BCUT2D eigenvalue weighted by atomic mass is 9.48. The minimum absolute atomic E-state index is 0.171. The number of aliphatic hydroxyl groups excluding tert-OH is 1. The van der Waals surface area contributed by atoms with Crippen LogP contribution >= 0.6 is 11.6 Å². The van der Waals surface area contributed by atoms with Gasteiger partial charge in [-0.15, -0.1) is 4.99 Å². The Bertz CT molecular complexity index is 2360. The molecular weight excluding hydrogens is 824 g/mol. The van der Waals surface area contributed by atoms with Crippen molar-refractivity contribution >= 4 is 46.1 Å². The molecule has 1 spiro atoms. The number of halogens is 1. The summed E-state index contributed by atoms with van der Waals surface area (Å²) in [6.07, 6.45) is 3.63. The summed E-state index contributed by atoms with van der Waals surface area (Å²) in [5, 5.41) is 49.9. The topological polar surface area (TPSA) is 201 Å². The number of aromatic nitrogens is 1. The van der Waals surface area contributed by atoms with Gasteiger partial charge in [-0.2, -0.15) is 0 Å². The maximum absolute atomic E-state index is 15.4. The number of rotatable bonds is 9. The summed E-state index contributed by atoms with van der Waals surface area (Å²) >= 11 is 6.91. The van der Waals surface area contributed by atoms with Crippen LogP contribution < -0.4 is 9.80 Å². The highest BCUT2D eigenvalue weighted by Gasteiger charge is 2.82. The van der Waals surface area contributed by atoms with Gasteiger partial charge in [0.1, 0.15) is 29.4 Å². The van der Waals surface area contributed by atoms with Gasteiger partial charge in [-0.25, -0.2) is 15.1 Å². The summed E-state index contributed by atoms with van der Waals surface area (Å²) < 4.78 is 23.8. The van der Waals surface area contributed by atoms with E-state index >= 15 is 4.79 Å². The number of hydrogen-bond donors (Lipinski definition) is 5. The van der Waals surface area contributed by atoms with Gasteiger partial charge in [0.05, 0.1) is 52.1 Å². The number of carbonyl (C=O) groups is 3. The van der Waals surface area contributed by atoms with Crippen LogP contribution in [0.25, 0.3) is 10.9 Å². The molecule has 1 aromatic heterocycles. The smallest absolute Gasteiger partial charge is 0.344 e. The summed E-state index contributed by atoms with van der Waals surface area (Å²) in [5.74, 6) is -2.63. The molecule has 6 heterocycles. The van der Waals surface area contributed by atoms with E-state index in [0.29, 0.717) is 73.3 Å². The molecule has 1 aliphatic carbocycles. The van der Waals surface area contributed by atoms with Gasteiger partial charge in [0, 0.05) is 65.5 Å². The van der Waals surface area contributed by atoms with E-state index in [1.807, 2.05) is 43.3 Å². The molecule has 334 valence electrons. The molecule has 5 N–H and O–H groups in total. The van der Waals surface area contributed by atoms with E-state index < -0.39 is 70.1 Å². The lowest BCUT2D eigenvalue weighted by molar-refractivity contribution is -0.932. The molecule has 0 amide bonds. The highest BCUT2D eigenvalue weighted by molar-refractivity contribution is 6.17. The van der Waals surface area contributed by atoms with E-state index in [1.165, 1.54) is 14.2 Å². The van der Waals surface area contributed by atoms with Gasteiger partial charge in [0.2, 0.25) is 5.60 Å². The second kappa shape index (κ2) is 14.9. The SMILES string of the molecule is CC[C@]1(O)C[C@H]2C[C@](C(=O)OC)(c3cc4c(cc3OC)N(OO)[C@H]3[C@@](O)(C(=O)OC)[C@H](OC(C)=O)[C@]5(CO)C=CCN6CC[C@]43[C@@H]65)c3[nH]c4ccccc4c3CC[N+](CCl)(C2)C1. The van der Waals surface area contributed by atoms with Gasteiger partial charge in [-0.1, -0.05) is 48.9 Å². The number of hydrogen-bond acceptors (Lipinski definition) is 14. The molecule has 9 rings (SSSR count). The van der Waals surface area contributed by atoms with Crippen LogP contribution in [0.15, 0.2) is 48.6 Å². The molecule has 16 nitrogen and oxygen atoms in total. The van der Waals surface area contributed by atoms with E-state index in [4.69, 9.17) is 35.5 Å². The summed E-state index contributed by atoms with van der Waals surface area (Å²) in [6.45, 7) is 4.95. The third-order valence-corrected chi connectivity index (χ3v) is 16.2. The third-order valence-electron chi connectivity index (χ3n) is 15.7. The number of quaternary nitrogens is 1. The zero-order chi connectivity index (χ0) is 44.2. The van der Waals surface area contributed by atoms with Crippen LogP contribution in [0, 0.1) is 11.3 Å². The molecule has 3 fully saturated rings. The molecule has 0 radical (unpaired) electrons. The molecule has 1 saturated carbocycles. The van der Waals surface area contributed by atoms with Crippen molar-refractivity contribution in [3.63, 3.8) is 0 Å². The largest absolute Gasteiger partial charge is 0.496 e. The first-order chi connectivity index (χ1) is 29.7. The summed E-state index contributed by atoms with van der Waals surface area (Å²) in [5.41, 5.74) is -4.99. The Kier molecular flexibility index (Phi) is 10.3. The van der Waals surface area contributed by atoms with Crippen molar-refractivity contribution in [1.29, 1.82) is 0 Å². The molecule has 1 unspecified atom stereocenters. The van der Waals surface area contributed by atoms with Crippen molar-refractivity contribution < 1.29 is 63.4 Å². The average molecular weight is 880 g/mol. The van der Waals surface area contributed by atoms with Crippen LogP contribution in [0.5, 0.6) is 5.75 Å². The Morgan fingerprint density at radius 3 is 2.45 bits per heavy atom. The first-order valence-corrected chi connectivity index (χ1v) is 21.9. The third kappa shape index (κ3) is 5.53. The van der Waals surface area contributed by atoms with E-state index in [1.54, 1.807) is 12.1 Å². The molecule has 5 aliphatic heterocycles. The van der Waals surface area contributed by atoms with Crippen LogP contribution in [0.4, 0.5) is 5.69 Å². The number of alkyl halides is 1. The molecule has 6 aliphatic rings. The number of benzene rings is 2. The van der Waals surface area contributed by atoms with Crippen molar-refractivity contribution in [1.82, 2.24) is 9.88 Å². The summed E-state index contributed by atoms with van der Waals surface area (Å²) in [4.78, 5) is 53.7. The van der Waals surface area contributed by atoms with Crippen LogP contribution in [-0.4, -0.2) is 149 Å². The summed E-state index contributed by atoms with van der Waals surface area (Å²) in [7, 11) is 3.91. The van der Waals surface area contributed by atoms with Gasteiger partial charge in [0.25, 0.3) is 0 Å². The maximum atomic E-state index is 15.4. The maximum Gasteiger partial charge on any atom is 0.344 e. The molecule has 2 saturated heterocycles. The van der Waals surface area contributed by atoms with Crippen molar-refractivity contribution in [2.24, 2.45) is 11.3 Å². The van der Waals surface area contributed by atoms with Gasteiger partial charge < -0.3 is 43.7 Å². The lowest BCUT2D eigenvalue weighted by Gasteiger charge is -2.62. The number of aromatic amines is 1. The van der Waals surface area contributed by atoms with Crippen molar-refractivity contribution in [2.45, 2.75) is 86.2 Å². The highest BCUT2D eigenvalue weighted by atomic mass is 35.5. The first-order valence-electron chi connectivity index (χ1n) is 21.3. The standard InChI is InChI=1S/C45H55ClN4O12/c1-6-41(55)20-27-21-44(39(53)59-4,35-29(12-17-50(22-27,23-41)25-46)28-10-7-8-11-32(28)47-35)31-18-30-33(19-34(31)58-3)49(62-57)37-43(30)14-16-48-15-9-13-42(24-51,36(43)48)38(61-26(2)52)45(37,56)40(54)60-5/h7-11,13,18-19,27,36-38,47,51,55-56H,6,12,14-17,20-25H2,1-5H3/p+1/t27-,36-,37+,38+,41-,42-,43+,44-,45-,50?/m0/s1. The fourth-order valence-electron chi connectivity index (χ4n) is 13.6. The number of nitrogens with one attached hydrogen (secondary N) is 1. The second-order valence-electron chi connectivity index (χ2n) is 18.6. The Labute approximate surface area is 364 Å². The number of hydroxylamine groups is 1. The number of ether oxygens (including phenoxy) is 4. The number of fused-ring (bicyclic) bond motifs is 6. The Morgan fingerprint density at radius 2 is 1.79 bits per heavy atom. The van der Waals surface area contributed by atoms with Crippen LogP contribution in [-0.2, 0) is 50.8 Å². The highest BCUT2D eigenvalue weighted by Crippen LogP contribution is 2.68. The molecule has 10 atom stereocenters. The van der Waals surface area contributed by atoms with Crippen molar-refractivity contribution in [3.05, 3.63) is 70.9 Å². The van der Waals surface area contributed by atoms with E-state index in [9.17, 15) is 30.2 Å². The molecule has 3 aromatic rings. The number of nitrogens with zero attached hydrogens (tertiary/aromatic N) is 3. The number of aliphatic hydroxyl groups is 3. The number of carbonyl (C=O) groups excluding carboxylic acids is 3. The average Bonchev–Trinajstić information content (AvgIpc) is 3.95. The van der Waals surface area contributed by atoms with Gasteiger partial charge >= 0.3 is 17.9 Å². The monoisotopic (exact) mass is 879 g/mol. The molecule has 17 heteroatoms. The second-order valence-corrected chi connectivity index (χ2v) is 18.8. The van der Waals surface area contributed by atoms with Gasteiger partial charge in [-0.3, -0.25) is 14.5 Å². The van der Waals surface area contributed by atoms with Crippen LogP contribution in [0.1, 0.15) is 61.9 Å². The molecule has 62 heavy (non-hydrogen) atoms. The first kappa shape index (κ1) is 43.0. The summed E-state index contributed by atoms with van der Waals surface area (Å²) in [6, 6.07) is 9.32. The molecule has 2 aromatic carbocycles. The fourth-order valence-corrected chi connectivity index (χ4v) is 13.9. The van der Waals surface area contributed by atoms with Gasteiger partial charge in [0.15, 0.2) is 12.1 Å². The Morgan fingerprint density at radius 1 is 1.03 bits per heavy atom. The van der Waals surface area contributed by atoms with Crippen molar-refractivity contribution in [3.8, 4) is 5.75 Å². The Hall–Kier alpha value is -4.26. The van der Waals surface area contributed by atoms with Crippen LogP contribution in [0.2, 0.25) is 0 Å². The predicted octanol–water partition coefficient (Wildman–Crippen LogP) is 3.06. The zero-order valence-corrected chi connectivity index (χ0v) is 36.4. The van der Waals surface area contributed by atoms with E-state index in [-0.39, 0.29) is 36.2 Å². The van der Waals surface area contributed by atoms with Gasteiger partial charge in [-0.05, 0) is 55.5 Å². The minimum Gasteiger partial charge on any atom is -0.496 e. The molecular formula is C45H56ClN4O12+. The Balaban J connectivity index is 1.38. The lowest BCUT2D eigenvalue weighted by Crippen LogP contribution is -2.82. The predicted molar refractivity (Wildman–Crippen MR) is 224 cm³/mol. The van der Waals surface area contributed by atoms with Crippen molar-refractivity contribution in [2.75, 3.05) is 71.7 Å². The minimum atomic E-state index is -2.76. The number of methoxy groups -OCH3 is 3.